The van der Waals surface area contributed by atoms with Crippen molar-refractivity contribution in [3.05, 3.63) is 103 Å². The second kappa shape index (κ2) is 10.9. The van der Waals surface area contributed by atoms with Crippen molar-refractivity contribution in [2.24, 2.45) is 0 Å². The van der Waals surface area contributed by atoms with Crippen molar-refractivity contribution in [3.8, 4) is 17.2 Å². The van der Waals surface area contributed by atoms with Crippen LogP contribution in [0.25, 0.3) is 0 Å². The van der Waals surface area contributed by atoms with E-state index in [1.807, 2.05) is 6.92 Å². The third-order valence-electron chi connectivity index (χ3n) is 4.94. The Labute approximate surface area is 203 Å². The van der Waals surface area contributed by atoms with E-state index in [1.165, 1.54) is 30.5 Å². The summed E-state index contributed by atoms with van der Waals surface area (Å²) in [5, 5.41) is 2.81. The van der Waals surface area contributed by atoms with Gasteiger partial charge in [-0.05, 0) is 79.7 Å². The van der Waals surface area contributed by atoms with Crippen molar-refractivity contribution >= 4 is 21.6 Å². The Hall–Kier alpha value is -4.08. The second-order valence-corrected chi connectivity index (χ2v) is 9.15. The van der Waals surface area contributed by atoms with Crippen LogP contribution in [0, 0.1) is 0 Å². The van der Waals surface area contributed by atoms with E-state index in [9.17, 15) is 13.2 Å². The maximum absolute atomic E-state index is 12.8. The summed E-state index contributed by atoms with van der Waals surface area (Å²) in [6, 6.07) is 23.2. The van der Waals surface area contributed by atoms with Crippen LogP contribution < -0.4 is 19.5 Å². The van der Waals surface area contributed by atoms with E-state index in [0.717, 1.165) is 5.75 Å². The number of carbonyl (C=O) groups excluding carboxylic acids is 1. The standard InChI is InChI=1S/C26H24N2O6S/c1-2-32-20-11-13-21(14-12-20)34-25-8-4-3-7-24(25)28-26(29)19-9-15-23(16-10-19)35(30,31)27-18-22-6-5-17-33-22/h3-17,27H,2,18H2,1H3,(H,28,29). The average molecular weight is 493 g/mol. The molecule has 1 heterocycles. The molecule has 4 aromatic rings. The Morgan fingerprint density at radius 3 is 2.29 bits per heavy atom. The largest absolute Gasteiger partial charge is 0.494 e. The lowest BCUT2D eigenvalue weighted by Crippen LogP contribution is -2.23. The number of sulfonamides is 1. The molecule has 0 unspecified atom stereocenters. The molecule has 0 aliphatic heterocycles. The summed E-state index contributed by atoms with van der Waals surface area (Å²) in [5.74, 6) is 1.89. The van der Waals surface area contributed by atoms with Crippen LogP contribution >= 0.6 is 0 Å². The molecule has 1 amide bonds. The molecule has 35 heavy (non-hydrogen) atoms. The highest BCUT2D eigenvalue weighted by Gasteiger charge is 2.16. The van der Waals surface area contributed by atoms with Crippen molar-refractivity contribution < 1.29 is 27.1 Å². The molecule has 9 heteroatoms. The molecule has 0 radical (unpaired) electrons. The van der Waals surface area contributed by atoms with Crippen LogP contribution in [-0.4, -0.2) is 20.9 Å². The zero-order valence-electron chi connectivity index (χ0n) is 18.9. The van der Waals surface area contributed by atoms with E-state index >= 15 is 0 Å². The Morgan fingerprint density at radius 1 is 0.886 bits per heavy atom. The van der Waals surface area contributed by atoms with Crippen LogP contribution in [0.4, 0.5) is 5.69 Å². The van der Waals surface area contributed by atoms with Gasteiger partial charge in [0.05, 0.1) is 30.0 Å². The number of hydrogen-bond acceptors (Lipinski definition) is 6. The van der Waals surface area contributed by atoms with Crippen LogP contribution in [0.15, 0.2) is 101 Å². The van der Waals surface area contributed by atoms with Crippen LogP contribution in [0.5, 0.6) is 17.2 Å². The molecular formula is C26H24N2O6S. The van der Waals surface area contributed by atoms with Crippen molar-refractivity contribution in [3.63, 3.8) is 0 Å². The second-order valence-electron chi connectivity index (χ2n) is 7.39. The first-order valence-corrected chi connectivity index (χ1v) is 12.4. The monoisotopic (exact) mass is 492 g/mol. The predicted molar refractivity (Wildman–Crippen MR) is 131 cm³/mol. The number of anilines is 1. The number of rotatable bonds is 10. The SMILES string of the molecule is CCOc1ccc(Oc2ccccc2NC(=O)c2ccc(S(=O)(=O)NCc3ccco3)cc2)cc1. The Bertz CT molecular complexity index is 1370. The summed E-state index contributed by atoms with van der Waals surface area (Å²) in [4.78, 5) is 12.9. The van der Waals surface area contributed by atoms with E-state index in [-0.39, 0.29) is 11.4 Å². The predicted octanol–water partition coefficient (Wildman–Crippen LogP) is 5.20. The molecule has 0 aliphatic rings. The van der Waals surface area contributed by atoms with Crippen LogP contribution in [0.2, 0.25) is 0 Å². The maximum atomic E-state index is 12.8. The highest BCUT2D eigenvalue weighted by Crippen LogP contribution is 2.30. The summed E-state index contributed by atoms with van der Waals surface area (Å²) >= 11 is 0. The fourth-order valence-corrected chi connectivity index (χ4v) is 4.19. The van der Waals surface area contributed by atoms with Gasteiger partial charge in [-0.2, -0.15) is 0 Å². The molecule has 0 saturated carbocycles. The molecule has 180 valence electrons. The minimum atomic E-state index is -3.76. The normalized spacial score (nSPS) is 11.1. The van der Waals surface area contributed by atoms with Gasteiger partial charge in [-0.3, -0.25) is 4.79 Å². The Morgan fingerprint density at radius 2 is 1.60 bits per heavy atom. The summed E-state index contributed by atoms with van der Waals surface area (Å²) < 4.78 is 44.0. The van der Waals surface area contributed by atoms with Gasteiger partial charge < -0.3 is 19.2 Å². The van der Waals surface area contributed by atoms with Gasteiger partial charge in [-0.25, -0.2) is 13.1 Å². The van der Waals surface area contributed by atoms with Gasteiger partial charge in [0.2, 0.25) is 10.0 Å². The lowest BCUT2D eigenvalue weighted by atomic mass is 10.2. The number of carbonyl (C=O) groups is 1. The van der Waals surface area contributed by atoms with Crippen molar-refractivity contribution in [2.45, 2.75) is 18.4 Å². The highest BCUT2D eigenvalue weighted by molar-refractivity contribution is 7.89. The number of benzene rings is 3. The molecule has 0 spiro atoms. The molecular weight excluding hydrogens is 468 g/mol. The zero-order valence-corrected chi connectivity index (χ0v) is 19.7. The van der Waals surface area contributed by atoms with E-state index < -0.39 is 15.9 Å². The van der Waals surface area contributed by atoms with E-state index in [1.54, 1.807) is 60.7 Å². The fraction of sp³-hybridized carbons (Fsp3) is 0.115. The van der Waals surface area contributed by atoms with E-state index in [2.05, 4.69) is 10.0 Å². The number of para-hydroxylation sites is 2. The van der Waals surface area contributed by atoms with Crippen LogP contribution in [-0.2, 0) is 16.6 Å². The molecule has 8 nitrogen and oxygen atoms in total. The molecule has 1 aromatic heterocycles. The van der Waals surface area contributed by atoms with E-state index in [4.69, 9.17) is 13.9 Å². The molecule has 0 fully saturated rings. The summed E-state index contributed by atoms with van der Waals surface area (Å²) in [6.45, 7) is 2.52. The molecule has 0 atom stereocenters. The number of nitrogens with one attached hydrogen (secondary N) is 2. The molecule has 0 bridgehead atoms. The van der Waals surface area contributed by atoms with Gasteiger partial charge in [-0.1, -0.05) is 12.1 Å². The van der Waals surface area contributed by atoms with Crippen molar-refractivity contribution in [1.82, 2.24) is 4.72 Å². The Kier molecular flexibility index (Phi) is 7.49. The first kappa shape index (κ1) is 24.1. The number of furan rings is 1. The van der Waals surface area contributed by atoms with Gasteiger partial charge in [0.1, 0.15) is 17.3 Å². The average Bonchev–Trinajstić information content (AvgIpc) is 3.39. The molecule has 0 saturated heterocycles. The third kappa shape index (κ3) is 6.28. The Balaban J connectivity index is 1.42. The summed E-state index contributed by atoms with van der Waals surface area (Å²) in [7, 11) is -3.76. The lowest BCUT2D eigenvalue weighted by Gasteiger charge is -2.13. The van der Waals surface area contributed by atoms with Gasteiger partial charge in [0, 0.05) is 5.56 Å². The van der Waals surface area contributed by atoms with Crippen molar-refractivity contribution in [1.29, 1.82) is 0 Å². The van der Waals surface area contributed by atoms with Crippen LogP contribution in [0.1, 0.15) is 23.0 Å². The first-order chi connectivity index (χ1) is 16.9. The highest BCUT2D eigenvalue weighted by atomic mass is 32.2. The minimum Gasteiger partial charge on any atom is -0.494 e. The maximum Gasteiger partial charge on any atom is 0.255 e. The molecule has 2 N–H and O–H groups in total. The number of amides is 1. The van der Waals surface area contributed by atoms with E-state index in [0.29, 0.717) is 35.1 Å². The lowest BCUT2D eigenvalue weighted by molar-refractivity contribution is 0.102. The quantitative estimate of drug-likeness (QED) is 0.315. The topological polar surface area (TPSA) is 107 Å². The fourth-order valence-electron chi connectivity index (χ4n) is 3.20. The number of ether oxygens (including phenoxy) is 2. The summed E-state index contributed by atoms with van der Waals surface area (Å²) in [6.07, 6.45) is 1.47. The van der Waals surface area contributed by atoms with Crippen LogP contribution in [0.3, 0.4) is 0 Å². The molecule has 3 aromatic carbocycles. The van der Waals surface area contributed by atoms with Gasteiger partial charge in [0.15, 0.2) is 5.75 Å². The number of hydrogen-bond donors (Lipinski definition) is 2. The first-order valence-electron chi connectivity index (χ1n) is 10.9. The zero-order chi connectivity index (χ0) is 24.7. The summed E-state index contributed by atoms with van der Waals surface area (Å²) in [5.41, 5.74) is 0.772. The smallest absolute Gasteiger partial charge is 0.255 e. The molecule has 0 aliphatic carbocycles. The van der Waals surface area contributed by atoms with Gasteiger partial charge >= 0.3 is 0 Å². The minimum absolute atomic E-state index is 0.0305. The molecule has 4 rings (SSSR count). The van der Waals surface area contributed by atoms with Gasteiger partial charge in [-0.15, -0.1) is 0 Å². The third-order valence-corrected chi connectivity index (χ3v) is 6.36. The van der Waals surface area contributed by atoms with Crippen molar-refractivity contribution in [2.75, 3.05) is 11.9 Å². The van der Waals surface area contributed by atoms with Gasteiger partial charge in [0.25, 0.3) is 5.91 Å².